The molecule has 0 spiro atoms. The fourth-order valence-corrected chi connectivity index (χ4v) is 2.48. The molecule has 5 heteroatoms. The van der Waals surface area contributed by atoms with Gasteiger partial charge >= 0.3 is 5.97 Å². The van der Waals surface area contributed by atoms with Crippen molar-refractivity contribution in [3.63, 3.8) is 0 Å². The number of thiophene rings is 1. The Kier molecular flexibility index (Phi) is 5.18. The van der Waals surface area contributed by atoms with Crippen molar-refractivity contribution in [3.8, 4) is 0 Å². The van der Waals surface area contributed by atoms with E-state index in [4.69, 9.17) is 9.15 Å². The molecule has 0 aromatic carbocycles. The Labute approximate surface area is 116 Å². The average Bonchev–Trinajstić information content (AvgIpc) is 3.02. The number of carbonyl (C=O) groups is 1. The van der Waals surface area contributed by atoms with Crippen LogP contribution in [0.3, 0.4) is 0 Å². The van der Waals surface area contributed by atoms with Gasteiger partial charge in [0.05, 0.1) is 26.0 Å². The first-order chi connectivity index (χ1) is 9.28. The quantitative estimate of drug-likeness (QED) is 0.731. The van der Waals surface area contributed by atoms with Crippen molar-refractivity contribution >= 4 is 17.3 Å². The fraction of sp³-hybridized carbons (Fsp3) is 0.357. The maximum absolute atomic E-state index is 11.6. The molecule has 0 fully saturated rings. The summed E-state index contributed by atoms with van der Waals surface area (Å²) in [6.45, 7) is 3.80. The molecule has 0 atom stereocenters. The van der Waals surface area contributed by atoms with E-state index in [0.29, 0.717) is 19.7 Å². The molecule has 2 heterocycles. The monoisotopic (exact) mass is 279 g/mol. The summed E-state index contributed by atoms with van der Waals surface area (Å²) in [6.07, 6.45) is 1.64. The lowest BCUT2D eigenvalue weighted by Gasteiger charge is -2.19. The largest absolute Gasteiger partial charge is 0.468 e. The van der Waals surface area contributed by atoms with Crippen molar-refractivity contribution in [2.24, 2.45) is 0 Å². The molecule has 2 aromatic heterocycles. The van der Waals surface area contributed by atoms with Gasteiger partial charge < -0.3 is 9.15 Å². The van der Waals surface area contributed by atoms with Crippen LogP contribution in [0.2, 0.25) is 0 Å². The van der Waals surface area contributed by atoms with Crippen molar-refractivity contribution < 1.29 is 13.9 Å². The van der Waals surface area contributed by atoms with Crippen molar-refractivity contribution in [2.45, 2.75) is 20.0 Å². The van der Waals surface area contributed by atoms with E-state index in [0.717, 1.165) is 5.76 Å². The topological polar surface area (TPSA) is 42.7 Å². The summed E-state index contributed by atoms with van der Waals surface area (Å²) in [5, 5.41) is 4.12. The Morgan fingerprint density at radius 2 is 2.32 bits per heavy atom. The lowest BCUT2D eigenvalue weighted by Crippen LogP contribution is -2.30. The normalized spacial score (nSPS) is 10.8. The predicted molar refractivity (Wildman–Crippen MR) is 73.8 cm³/mol. The first-order valence-corrected chi connectivity index (χ1v) is 7.13. The maximum Gasteiger partial charge on any atom is 0.320 e. The zero-order valence-corrected chi connectivity index (χ0v) is 11.7. The molecule has 0 aliphatic heterocycles. The molecule has 0 aliphatic rings. The molecule has 4 nitrogen and oxygen atoms in total. The van der Waals surface area contributed by atoms with Crippen molar-refractivity contribution in [2.75, 3.05) is 13.2 Å². The van der Waals surface area contributed by atoms with Crippen LogP contribution >= 0.6 is 11.3 Å². The zero-order chi connectivity index (χ0) is 13.5. The molecule has 102 valence electrons. The minimum absolute atomic E-state index is 0.204. The minimum Gasteiger partial charge on any atom is -0.468 e. The number of hydrogen-bond acceptors (Lipinski definition) is 5. The van der Waals surface area contributed by atoms with E-state index in [1.807, 2.05) is 29.3 Å². The Hall–Kier alpha value is -1.59. The van der Waals surface area contributed by atoms with Crippen LogP contribution in [-0.2, 0) is 22.6 Å². The molecule has 2 rings (SSSR count). The molecule has 0 amide bonds. The third-order valence-corrected chi connectivity index (χ3v) is 3.34. The molecule has 0 saturated carbocycles. The second kappa shape index (κ2) is 7.11. The van der Waals surface area contributed by atoms with Gasteiger partial charge in [-0.25, -0.2) is 0 Å². The molecular weight excluding hydrogens is 262 g/mol. The highest BCUT2D eigenvalue weighted by Gasteiger charge is 2.14. The molecule has 0 unspecified atom stereocenters. The van der Waals surface area contributed by atoms with Gasteiger partial charge in [-0.05, 0) is 41.4 Å². The summed E-state index contributed by atoms with van der Waals surface area (Å²) in [5.74, 6) is 0.642. The van der Waals surface area contributed by atoms with E-state index in [1.54, 1.807) is 17.6 Å². The summed E-state index contributed by atoms with van der Waals surface area (Å²) < 4.78 is 10.3. The van der Waals surface area contributed by atoms with Crippen LogP contribution in [0.25, 0.3) is 0 Å². The van der Waals surface area contributed by atoms with Crippen molar-refractivity contribution in [3.05, 3.63) is 46.5 Å². The number of nitrogens with zero attached hydrogens (tertiary/aromatic N) is 1. The van der Waals surface area contributed by atoms with Crippen LogP contribution in [0.5, 0.6) is 0 Å². The van der Waals surface area contributed by atoms with Crippen LogP contribution in [0.4, 0.5) is 0 Å². The maximum atomic E-state index is 11.6. The van der Waals surface area contributed by atoms with E-state index in [1.165, 1.54) is 5.56 Å². The number of esters is 1. The van der Waals surface area contributed by atoms with Crippen LogP contribution in [-0.4, -0.2) is 24.0 Å². The van der Waals surface area contributed by atoms with Crippen LogP contribution < -0.4 is 0 Å². The van der Waals surface area contributed by atoms with Crippen molar-refractivity contribution in [1.29, 1.82) is 0 Å². The van der Waals surface area contributed by atoms with Gasteiger partial charge in [0, 0.05) is 6.54 Å². The van der Waals surface area contributed by atoms with E-state index in [-0.39, 0.29) is 12.5 Å². The third kappa shape index (κ3) is 4.54. The number of hydrogen-bond donors (Lipinski definition) is 0. The van der Waals surface area contributed by atoms with Crippen LogP contribution in [0, 0.1) is 0 Å². The summed E-state index contributed by atoms with van der Waals surface area (Å²) >= 11 is 1.65. The molecule has 0 radical (unpaired) electrons. The SMILES string of the molecule is CCOC(=O)CN(Cc1ccsc1)Cc1ccco1. The van der Waals surface area contributed by atoms with Gasteiger partial charge in [0.25, 0.3) is 0 Å². The van der Waals surface area contributed by atoms with E-state index in [9.17, 15) is 4.79 Å². The van der Waals surface area contributed by atoms with E-state index >= 15 is 0 Å². The van der Waals surface area contributed by atoms with Gasteiger partial charge in [-0.3, -0.25) is 9.69 Å². The highest BCUT2D eigenvalue weighted by Crippen LogP contribution is 2.13. The first kappa shape index (κ1) is 13.8. The molecule has 0 aliphatic carbocycles. The van der Waals surface area contributed by atoms with Gasteiger partial charge in [0.15, 0.2) is 0 Å². The van der Waals surface area contributed by atoms with Gasteiger partial charge in [0.2, 0.25) is 0 Å². The summed E-state index contributed by atoms with van der Waals surface area (Å²) in [6, 6.07) is 5.82. The lowest BCUT2D eigenvalue weighted by atomic mass is 10.3. The van der Waals surface area contributed by atoms with Crippen LogP contribution in [0.15, 0.2) is 39.6 Å². The van der Waals surface area contributed by atoms with Crippen molar-refractivity contribution in [1.82, 2.24) is 4.90 Å². The number of ether oxygens (including phenoxy) is 1. The van der Waals surface area contributed by atoms with Crippen LogP contribution in [0.1, 0.15) is 18.2 Å². The fourth-order valence-electron chi connectivity index (χ4n) is 1.82. The highest BCUT2D eigenvalue weighted by atomic mass is 32.1. The molecule has 0 bridgehead atoms. The molecule has 2 aromatic rings. The summed E-state index contributed by atoms with van der Waals surface area (Å²) in [7, 11) is 0. The first-order valence-electron chi connectivity index (χ1n) is 6.19. The second-order valence-corrected chi connectivity index (χ2v) is 4.94. The Morgan fingerprint density at radius 3 is 2.95 bits per heavy atom. The number of carbonyl (C=O) groups excluding carboxylic acids is 1. The summed E-state index contributed by atoms with van der Waals surface area (Å²) in [4.78, 5) is 13.6. The predicted octanol–water partition coefficient (Wildman–Crippen LogP) is 2.91. The van der Waals surface area contributed by atoms with E-state index in [2.05, 4.69) is 11.4 Å². The molecule has 19 heavy (non-hydrogen) atoms. The Morgan fingerprint density at radius 1 is 1.42 bits per heavy atom. The number of rotatable bonds is 7. The molecule has 0 N–H and O–H groups in total. The average molecular weight is 279 g/mol. The standard InChI is InChI=1S/C14H17NO3S/c1-2-17-14(16)10-15(8-12-5-7-19-11-12)9-13-4-3-6-18-13/h3-7,11H,2,8-10H2,1H3. The third-order valence-electron chi connectivity index (χ3n) is 2.60. The zero-order valence-electron chi connectivity index (χ0n) is 10.9. The van der Waals surface area contributed by atoms with Gasteiger partial charge in [-0.2, -0.15) is 11.3 Å². The molecule has 0 saturated heterocycles. The lowest BCUT2D eigenvalue weighted by molar-refractivity contribution is -0.144. The smallest absolute Gasteiger partial charge is 0.320 e. The van der Waals surface area contributed by atoms with Gasteiger partial charge in [-0.1, -0.05) is 0 Å². The highest BCUT2D eigenvalue weighted by molar-refractivity contribution is 7.07. The van der Waals surface area contributed by atoms with Gasteiger partial charge in [-0.15, -0.1) is 0 Å². The Balaban J connectivity index is 1.97. The van der Waals surface area contributed by atoms with Gasteiger partial charge in [0.1, 0.15) is 5.76 Å². The minimum atomic E-state index is -0.204. The van der Waals surface area contributed by atoms with E-state index < -0.39 is 0 Å². The molecular formula is C14H17NO3S. The summed E-state index contributed by atoms with van der Waals surface area (Å²) in [5.41, 5.74) is 1.20. The Bertz CT molecular complexity index is 443. The number of furan rings is 1. The second-order valence-electron chi connectivity index (χ2n) is 4.16.